The molecule has 0 saturated carbocycles. The molecule has 4 heterocycles. The number of rotatable bonds is 6. The van der Waals surface area contributed by atoms with Crippen molar-refractivity contribution in [2.24, 2.45) is 0 Å². The largest absolute Gasteiger partial charge is 0.338 e. The Balaban J connectivity index is 1.40. The Hall–Kier alpha value is -4.08. The molecule has 7 nitrogen and oxygen atoms in total. The lowest BCUT2D eigenvalue weighted by molar-refractivity contribution is 0.391. The van der Waals surface area contributed by atoms with Gasteiger partial charge in [-0.1, -0.05) is 71.5 Å². The summed E-state index contributed by atoms with van der Waals surface area (Å²) in [5.74, 6) is 1.22. The molecule has 4 aromatic heterocycles. The quantitative estimate of drug-likeness (QED) is 0.212. The minimum Gasteiger partial charge on any atom is -0.338 e. The van der Waals surface area contributed by atoms with E-state index in [-0.39, 0.29) is 5.56 Å². The highest BCUT2D eigenvalue weighted by atomic mass is 32.2. The maximum Gasteiger partial charge on any atom is 0.267 e. The van der Waals surface area contributed by atoms with Gasteiger partial charge >= 0.3 is 0 Å². The van der Waals surface area contributed by atoms with E-state index >= 15 is 0 Å². The summed E-state index contributed by atoms with van der Waals surface area (Å²) in [7, 11) is 0. The van der Waals surface area contributed by atoms with Crippen LogP contribution in [0.2, 0.25) is 0 Å². The van der Waals surface area contributed by atoms with E-state index in [0.29, 0.717) is 38.5 Å². The van der Waals surface area contributed by atoms with E-state index in [1.54, 1.807) is 10.8 Å². The van der Waals surface area contributed by atoms with Crippen molar-refractivity contribution in [1.82, 2.24) is 24.7 Å². The van der Waals surface area contributed by atoms with Gasteiger partial charge in [0.2, 0.25) is 11.7 Å². The van der Waals surface area contributed by atoms with Crippen molar-refractivity contribution in [1.29, 1.82) is 0 Å². The molecule has 0 saturated heterocycles. The normalized spacial score (nSPS) is 11.2. The molecular formula is C26H17N5O2S2. The average molecular weight is 496 g/mol. The fourth-order valence-electron chi connectivity index (χ4n) is 3.65. The van der Waals surface area contributed by atoms with Gasteiger partial charge in [-0.3, -0.25) is 14.3 Å². The molecule has 35 heavy (non-hydrogen) atoms. The number of benzene rings is 2. The number of fused-ring (bicyclic) bond motifs is 1. The zero-order valence-electron chi connectivity index (χ0n) is 18.2. The maximum atomic E-state index is 13.7. The second-order valence-electron chi connectivity index (χ2n) is 7.58. The molecule has 2 aromatic carbocycles. The summed E-state index contributed by atoms with van der Waals surface area (Å²) in [6.45, 7) is 0. The number of thioether (sulfide) groups is 1. The van der Waals surface area contributed by atoms with Gasteiger partial charge in [0, 0.05) is 11.1 Å². The van der Waals surface area contributed by atoms with Crippen molar-refractivity contribution < 1.29 is 4.52 Å². The van der Waals surface area contributed by atoms with Crippen LogP contribution in [0.25, 0.3) is 37.9 Å². The zero-order valence-corrected chi connectivity index (χ0v) is 19.9. The van der Waals surface area contributed by atoms with Crippen LogP contribution in [0, 0.1) is 0 Å². The molecule has 6 rings (SSSR count). The topological polar surface area (TPSA) is 86.7 Å². The predicted molar refractivity (Wildman–Crippen MR) is 138 cm³/mol. The molecule has 0 aliphatic rings. The minimum atomic E-state index is -0.109. The molecule has 0 amide bonds. The van der Waals surface area contributed by atoms with E-state index in [1.807, 2.05) is 84.9 Å². The van der Waals surface area contributed by atoms with Gasteiger partial charge in [0.15, 0.2) is 5.16 Å². The summed E-state index contributed by atoms with van der Waals surface area (Å²) in [5, 5.41) is 5.19. The van der Waals surface area contributed by atoms with E-state index in [1.165, 1.54) is 23.1 Å². The SMILES string of the molecule is O=c1c2cc(-c3ccccc3)sc2nc(SCc2nc(-c3ccccn3)no2)n1-c1ccccc1. The summed E-state index contributed by atoms with van der Waals surface area (Å²) in [5.41, 5.74) is 2.34. The maximum absolute atomic E-state index is 13.7. The molecule has 0 spiro atoms. The van der Waals surface area contributed by atoms with Gasteiger partial charge in [0.1, 0.15) is 10.5 Å². The Kier molecular flexibility index (Phi) is 5.69. The molecule has 0 fully saturated rings. The van der Waals surface area contributed by atoms with Crippen molar-refractivity contribution in [2.45, 2.75) is 10.9 Å². The van der Waals surface area contributed by atoms with E-state index in [0.717, 1.165) is 16.1 Å². The molecule has 0 N–H and O–H groups in total. The van der Waals surface area contributed by atoms with E-state index in [4.69, 9.17) is 9.51 Å². The minimum absolute atomic E-state index is 0.109. The summed E-state index contributed by atoms with van der Waals surface area (Å²) < 4.78 is 7.07. The Bertz CT molecular complexity index is 1660. The number of para-hydroxylation sites is 1. The third-order valence-electron chi connectivity index (χ3n) is 5.29. The summed E-state index contributed by atoms with van der Waals surface area (Å²) in [4.78, 5) is 28.9. The monoisotopic (exact) mass is 495 g/mol. The van der Waals surface area contributed by atoms with Gasteiger partial charge in [0.25, 0.3) is 5.56 Å². The van der Waals surface area contributed by atoms with Gasteiger partial charge in [0.05, 0.1) is 16.8 Å². The van der Waals surface area contributed by atoms with E-state index in [2.05, 4.69) is 15.1 Å². The van der Waals surface area contributed by atoms with Crippen LogP contribution in [0.4, 0.5) is 0 Å². The lowest BCUT2D eigenvalue weighted by Gasteiger charge is -2.11. The van der Waals surface area contributed by atoms with E-state index < -0.39 is 0 Å². The lowest BCUT2D eigenvalue weighted by atomic mass is 10.2. The average Bonchev–Trinajstić information content (AvgIpc) is 3.57. The van der Waals surface area contributed by atoms with Crippen LogP contribution in [-0.2, 0) is 5.75 Å². The molecule has 0 aliphatic heterocycles. The third-order valence-corrected chi connectivity index (χ3v) is 7.30. The number of pyridine rings is 1. The first kappa shape index (κ1) is 21.5. The third kappa shape index (κ3) is 4.27. The number of thiophene rings is 1. The molecule has 0 unspecified atom stereocenters. The predicted octanol–water partition coefficient (Wildman–Crippen LogP) is 5.85. The smallest absolute Gasteiger partial charge is 0.267 e. The first-order valence-corrected chi connectivity index (χ1v) is 12.6. The Labute approximate surface area is 208 Å². The van der Waals surface area contributed by atoms with Gasteiger partial charge in [-0.05, 0) is 35.9 Å². The van der Waals surface area contributed by atoms with Gasteiger partial charge in [-0.25, -0.2) is 4.98 Å². The van der Waals surface area contributed by atoms with Crippen LogP contribution in [-0.4, -0.2) is 24.7 Å². The first-order chi connectivity index (χ1) is 17.3. The second kappa shape index (κ2) is 9.28. The molecule has 0 aliphatic carbocycles. The van der Waals surface area contributed by atoms with Crippen LogP contribution in [0.15, 0.2) is 106 Å². The Morgan fingerprint density at radius 3 is 2.46 bits per heavy atom. The number of hydrogen-bond acceptors (Lipinski definition) is 8. The van der Waals surface area contributed by atoms with Crippen molar-refractivity contribution in [3.8, 4) is 27.6 Å². The van der Waals surface area contributed by atoms with Gasteiger partial charge in [-0.15, -0.1) is 11.3 Å². The second-order valence-corrected chi connectivity index (χ2v) is 9.55. The van der Waals surface area contributed by atoms with Crippen molar-refractivity contribution in [3.05, 3.63) is 107 Å². The van der Waals surface area contributed by atoms with Gasteiger partial charge < -0.3 is 4.52 Å². The highest BCUT2D eigenvalue weighted by Crippen LogP contribution is 2.33. The fourth-order valence-corrected chi connectivity index (χ4v) is 5.58. The highest BCUT2D eigenvalue weighted by molar-refractivity contribution is 7.98. The van der Waals surface area contributed by atoms with Crippen LogP contribution < -0.4 is 5.56 Å². The Morgan fingerprint density at radius 1 is 0.914 bits per heavy atom. The summed E-state index contributed by atoms with van der Waals surface area (Å²) >= 11 is 2.89. The number of aromatic nitrogens is 5. The van der Waals surface area contributed by atoms with Crippen molar-refractivity contribution >= 4 is 33.3 Å². The lowest BCUT2D eigenvalue weighted by Crippen LogP contribution is -2.21. The molecule has 0 bridgehead atoms. The van der Waals surface area contributed by atoms with E-state index in [9.17, 15) is 4.79 Å². The number of hydrogen-bond donors (Lipinski definition) is 0. The van der Waals surface area contributed by atoms with Crippen LogP contribution in [0.1, 0.15) is 5.89 Å². The van der Waals surface area contributed by atoms with Crippen LogP contribution >= 0.6 is 23.1 Å². The Morgan fingerprint density at radius 2 is 1.69 bits per heavy atom. The van der Waals surface area contributed by atoms with Crippen molar-refractivity contribution in [2.75, 3.05) is 0 Å². The zero-order chi connectivity index (χ0) is 23.6. The highest BCUT2D eigenvalue weighted by Gasteiger charge is 2.18. The molecule has 170 valence electrons. The molecular weight excluding hydrogens is 478 g/mol. The molecule has 9 heteroatoms. The van der Waals surface area contributed by atoms with Crippen LogP contribution in [0.3, 0.4) is 0 Å². The summed E-state index contributed by atoms with van der Waals surface area (Å²) in [6.07, 6.45) is 1.68. The number of nitrogens with zero attached hydrogens (tertiary/aromatic N) is 5. The molecule has 0 atom stereocenters. The summed E-state index contributed by atoms with van der Waals surface area (Å²) in [6, 6.07) is 27.0. The molecule has 6 aromatic rings. The fraction of sp³-hybridized carbons (Fsp3) is 0.0385. The van der Waals surface area contributed by atoms with Crippen LogP contribution in [0.5, 0.6) is 0 Å². The standard InChI is InChI=1S/C26H17N5O2S2/c32-25-19-15-21(17-9-3-1-4-10-17)35-24(19)29-26(31(25)18-11-5-2-6-12-18)34-16-22-28-23(30-33-22)20-13-7-8-14-27-20/h1-15H,16H2. The molecule has 0 radical (unpaired) electrons. The van der Waals surface area contributed by atoms with Gasteiger partial charge in [-0.2, -0.15) is 4.98 Å². The van der Waals surface area contributed by atoms with Crippen molar-refractivity contribution in [3.63, 3.8) is 0 Å². The first-order valence-electron chi connectivity index (χ1n) is 10.8.